The Balaban J connectivity index is 1.87. The first-order valence-electron chi connectivity index (χ1n) is 8.42. The first kappa shape index (κ1) is 17.2. The van der Waals surface area contributed by atoms with E-state index in [0.29, 0.717) is 0 Å². The number of hydrogen-bond donors (Lipinski definition) is 0. The lowest BCUT2D eigenvalue weighted by atomic mass is 10.2. The van der Waals surface area contributed by atoms with Gasteiger partial charge in [-0.05, 0) is 16.7 Å². The van der Waals surface area contributed by atoms with E-state index < -0.39 is 7.92 Å². The predicted molar refractivity (Wildman–Crippen MR) is 115 cm³/mol. The highest BCUT2D eigenvalue weighted by Crippen LogP contribution is 2.34. The van der Waals surface area contributed by atoms with Crippen molar-refractivity contribution in [1.82, 2.24) is 9.55 Å². The molecule has 0 fully saturated rings. The lowest BCUT2D eigenvalue weighted by Gasteiger charge is -2.19. The maximum atomic E-state index is 4.86. The Morgan fingerprint density at radius 3 is 1.88 bits per heavy atom. The maximum Gasteiger partial charge on any atom is 0.140 e. The largest absolute Gasteiger partial charge is 0.327 e. The zero-order chi connectivity index (χ0) is 17.9. The van der Waals surface area contributed by atoms with Crippen molar-refractivity contribution in [2.75, 3.05) is 0 Å². The van der Waals surface area contributed by atoms with E-state index in [4.69, 9.17) is 4.98 Å². The summed E-state index contributed by atoms with van der Waals surface area (Å²) in [6, 6.07) is 29.6. The first-order valence-corrected chi connectivity index (χ1v) is 10.6. The van der Waals surface area contributed by atoms with Crippen molar-refractivity contribution in [3.05, 3.63) is 95.6 Å². The highest BCUT2D eigenvalue weighted by atomic mass is 79.9. The van der Waals surface area contributed by atoms with Crippen LogP contribution in [0.25, 0.3) is 11.3 Å². The Kier molecular flexibility index (Phi) is 5.01. The van der Waals surface area contributed by atoms with Crippen LogP contribution in [0.5, 0.6) is 0 Å². The van der Waals surface area contributed by atoms with Crippen molar-refractivity contribution in [2.45, 2.75) is 0 Å². The molecule has 0 saturated carbocycles. The average Bonchev–Trinajstić information content (AvgIpc) is 3.05. The molecule has 0 atom stereocenters. The Bertz CT molecular complexity index is 973. The van der Waals surface area contributed by atoms with E-state index in [0.717, 1.165) is 21.3 Å². The molecule has 2 nitrogen and oxygen atoms in total. The summed E-state index contributed by atoms with van der Waals surface area (Å²) in [6.07, 6.45) is 1.98. The third-order valence-corrected chi connectivity index (χ3v) is 7.48. The van der Waals surface area contributed by atoms with Crippen LogP contribution >= 0.6 is 23.9 Å². The lowest BCUT2D eigenvalue weighted by Crippen LogP contribution is -2.27. The predicted octanol–water partition coefficient (Wildman–Crippen LogP) is 4.61. The van der Waals surface area contributed by atoms with Gasteiger partial charge in [-0.25, -0.2) is 4.98 Å². The number of aromatic nitrogens is 2. The second-order valence-electron chi connectivity index (χ2n) is 5.99. The summed E-state index contributed by atoms with van der Waals surface area (Å²) in [5.41, 5.74) is 3.37. The van der Waals surface area contributed by atoms with Crippen LogP contribution in [-0.4, -0.2) is 9.55 Å². The minimum absolute atomic E-state index is 0.709. The summed E-state index contributed by atoms with van der Waals surface area (Å²) in [5, 5.41) is 2.61. The van der Waals surface area contributed by atoms with Gasteiger partial charge in [0.1, 0.15) is 5.57 Å². The smallest absolute Gasteiger partial charge is 0.140 e. The van der Waals surface area contributed by atoms with Crippen molar-refractivity contribution < 1.29 is 0 Å². The van der Waals surface area contributed by atoms with Gasteiger partial charge in [0.25, 0.3) is 0 Å². The second kappa shape index (κ2) is 7.57. The van der Waals surface area contributed by atoms with Gasteiger partial charge in [0.05, 0.1) is 11.9 Å². The monoisotopic (exact) mass is 420 g/mol. The van der Waals surface area contributed by atoms with Crippen LogP contribution in [0.1, 0.15) is 0 Å². The molecule has 0 aliphatic rings. The molecule has 0 radical (unpaired) electrons. The Morgan fingerprint density at radius 2 is 1.31 bits per heavy atom. The zero-order valence-corrected chi connectivity index (χ0v) is 16.9. The van der Waals surface area contributed by atoms with Gasteiger partial charge in [-0.1, -0.05) is 94.8 Å². The molecule has 4 aromatic rings. The van der Waals surface area contributed by atoms with E-state index in [2.05, 4.69) is 106 Å². The molecule has 26 heavy (non-hydrogen) atoms. The van der Waals surface area contributed by atoms with Crippen molar-refractivity contribution in [3.8, 4) is 11.3 Å². The van der Waals surface area contributed by atoms with Crippen LogP contribution in [0.3, 0.4) is 0 Å². The Morgan fingerprint density at radius 1 is 0.769 bits per heavy atom. The molecule has 1 aromatic heterocycles. The van der Waals surface area contributed by atoms with Crippen LogP contribution in [0, 0.1) is 0 Å². The van der Waals surface area contributed by atoms with Gasteiger partial charge in [-0.15, -0.1) is 0 Å². The van der Waals surface area contributed by atoms with Crippen molar-refractivity contribution in [3.63, 3.8) is 0 Å². The second-order valence-corrected chi connectivity index (χ2v) is 8.95. The molecule has 0 amide bonds. The van der Waals surface area contributed by atoms with Crippen LogP contribution in [-0.2, 0) is 7.05 Å². The molecule has 0 unspecified atom stereocenters. The summed E-state index contributed by atoms with van der Waals surface area (Å²) >= 11 is 3.67. The van der Waals surface area contributed by atoms with Gasteiger partial charge >= 0.3 is 0 Å². The summed E-state index contributed by atoms with van der Waals surface area (Å²) in [4.78, 5) is 4.86. The Hall–Kier alpha value is -2.22. The quantitative estimate of drug-likeness (QED) is 0.441. The van der Waals surface area contributed by atoms with Gasteiger partial charge < -0.3 is 4.57 Å². The number of hydrogen-bond acceptors (Lipinski definition) is 1. The first-order chi connectivity index (χ1) is 12.8. The highest BCUT2D eigenvalue weighted by molar-refractivity contribution is 9.10. The molecule has 3 aromatic carbocycles. The molecule has 1 heterocycles. The van der Waals surface area contributed by atoms with E-state index in [1.54, 1.807) is 0 Å². The molecule has 0 saturated heterocycles. The van der Waals surface area contributed by atoms with Crippen LogP contribution in [0.2, 0.25) is 0 Å². The fraction of sp³-hybridized carbons (Fsp3) is 0.0455. The molecular weight excluding hydrogens is 403 g/mol. The fourth-order valence-electron chi connectivity index (χ4n) is 3.06. The minimum atomic E-state index is -0.709. The van der Waals surface area contributed by atoms with E-state index in [-0.39, 0.29) is 0 Å². The van der Waals surface area contributed by atoms with Crippen LogP contribution in [0.15, 0.2) is 95.6 Å². The number of imidazole rings is 1. The van der Waals surface area contributed by atoms with Crippen molar-refractivity contribution in [1.29, 1.82) is 0 Å². The van der Waals surface area contributed by atoms with Crippen molar-refractivity contribution in [2.24, 2.45) is 7.05 Å². The minimum Gasteiger partial charge on any atom is -0.327 e. The molecule has 0 aliphatic carbocycles. The van der Waals surface area contributed by atoms with Gasteiger partial charge in [-0.3, -0.25) is 0 Å². The fourth-order valence-corrected chi connectivity index (χ4v) is 5.83. The van der Waals surface area contributed by atoms with Gasteiger partial charge in [0.2, 0.25) is 0 Å². The third kappa shape index (κ3) is 3.25. The van der Waals surface area contributed by atoms with E-state index in [9.17, 15) is 0 Å². The van der Waals surface area contributed by atoms with Crippen LogP contribution < -0.4 is 16.2 Å². The van der Waals surface area contributed by atoms with E-state index in [1.807, 2.05) is 12.3 Å². The molecule has 0 N–H and O–H groups in total. The number of benzene rings is 3. The summed E-state index contributed by atoms with van der Waals surface area (Å²) in [6.45, 7) is 0. The van der Waals surface area contributed by atoms with Gasteiger partial charge in [-0.2, -0.15) is 0 Å². The van der Waals surface area contributed by atoms with E-state index in [1.165, 1.54) is 10.6 Å². The molecule has 0 spiro atoms. The summed E-state index contributed by atoms with van der Waals surface area (Å²) < 4.78 is 3.31. The summed E-state index contributed by atoms with van der Waals surface area (Å²) in [5.74, 6) is 0. The normalized spacial score (nSPS) is 11.0. The van der Waals surface area contributed by atoms with E-state index >= 15 is 0 Å². The number of rotatable bonds is 4. The SMILES string of the molecule is Cn1c(-c2ccccc2Br)cnc1P(c1ccccc1)c1ccccc1. The molecule has 0 bridgehead atoms. The van der Waals surface area contributed by atoms with Gasteiger partial charge in [0, 0.05) is 25.0 Å². The number of halogens is 1. The molecule has 128 valence electrons. The Labute approximate surface area is 163 Å². The lowest BCUT2D eigenvalue weighted by molar-refractivity contribution is 0.960. The maximum absolute atomic E-state index is 4.86. The molecule has 0 aliphatic heterocycles. The molecular formula is C22H18BrN2P. The zero-order valence-electron chi connectivity index (χ0n) is 14.4. The summed E-state index contributed by atoms with van der Waals surface area (Å²) in [7, 11) is 1.40. The highest BCUT2D eigenvalue weighted by Gasteiger charge is 2.22. The number of nitrogens with zero attached hydrogens (tertiary/aromatic N) is 2. The van der Waals surface area contributed by atoms with Crippen molar-refractivity contribution >= 4 is 40.0 Å². The standard InChI is InChI=1S/C22H18BrN2P/c1-25-21(19-14-8-9-15-20(19)23)16-24-22(25)26(17-10-4-2-5-11-17)18-12-6-3-7-13-18/h2-16H,1H3. The third-order valence-electron chi connectivity index (χ3n) is 4.34. The molecule has 4 rings (SSSR count). The topological polar surface area (TPSA) is 17.8 Å². The van der Waals surface area contributed by atoms with Gasteiger partial charge in [0.15, 0.2) is 0 Å². The molecule has 4 heteroatoms. The average molecular weight is 421 g/mol. The van der Waals surface area contributed by atoms with Crippen LogP contribution in [0.4, 0.5) is 0 Å².